The molecule has 30 heavy (non-hydrogen) atoms. The molecule has 182 valence electrons. The molecule has 0 aliphatic carbocycles. The zero-order chi connectivity index (χ0) is 23.3. The molecule has 0 N–H and O–H groups in total. The fraction of sp³-hybridized carbons (Fsp3) is 1.00. The summed E-state index contributed by atoms with van der Waals surface area (Å²) in [6.45, 7) is 25.6. The molecule has 0 unspecified atom stereocenters. The molecule has 0 aliphatic heterocycles. The molecule has 9 heteroatoms. The van der Waals surface area contributed by atoms with Crippen LogP contribution in [0.4, 0.5) is 0 Å². The van der Waals surface area contributed by atoms with Gasteiger partial charge in [-0.25, -0.2) is 0 Å². The fourth-order valence-electron chi connectivity index (χ4n) is 3.61. The number of hydrogen-bond donors (Lipinski definition) is 0. The molecule has 0 aromatic rings. The van der Waals surface area contributed by atoms with Crippen molar-refractivity contribution in [1.82, 2.24) is 0 Å². The highest BCUT2D eigenvalue weighted by Gasteiger charge is 2.48. The lowest BCUT2D eigenvalue weighted by Crippen LogP contribution is -2.50. The van der Waals surface area contributed by atoms with Gasteiger partial charge in [-0.3, -0.25) is 0 Å². The molecule has 0 saturated carbocycles. The van der Waals surface area contributed by atoms with Gasteiger partial charge in [0.1, 0.15) is 0 Å². The molecule has 0 aromatic carbocycles. The van der Waals surface area contributed by atoms with Crippen LogP contribution in [0, 0.1) is 0 Å². The van der Waals surface area contributed by atoms with Crippen molar-refractivity contribution in [2.24, 2.45) is 0 Å². The van der Waals surface area contributed by atoms with Crippen LogP contribution in [0.1, 0.15) is 61.8 Å². The van der Waals surface area contributed by atoms with Gasteiger partial charge in [-0.15, -0.1) is 0 Å². The van der Waals surface area contributed by atoms with Gasteiger partial charge >= 0.3 is 17.6 Å². The Bertz CT molecular complexity index is 374. The first-order valence-corrected chi connectivity index (χ1v) is 18.9. The number of hydrogen-bond acceptors (Lipinski definition) is 6. The fourth-order valence-corrected chi connectivity index (χ4v) is 14.0. The monoisotopic (exact) mass is 482 g/mol. The molecule has 0 bridgehead atoms. The Morgan fingerprint density at radius 3 is 1.10 bits per heavy atom. The minimum Gasteiger partial charge on any atom is -0.374 e. The summed E-state index contributed by atoms with van der Waals surface area (Å²) in [5, 5.41) is 0.196. The van der Waals surface area contributed by atoms with Gasteiger partial charge in [0, 0.05) is 51.7 Å². The van der Waals surface area contributed by atoms with Crippen LogP contribution in [0.25, 0.3) is 0 Å². The van der Waals surface area contributed by atoms with E-state index in [-0.39, 0.29) is 5.04 Å². The molecule has 0 fully saturated rings. The normalized spacial score (nSPS) is 13.8. The van der Waals surface area contributed by atoms with Crippen LogP contribution >= 0.6 is 0 Å². The van der Waals surface area contributed by atoms with Crippen molar-refractivity contribution in [1.29, 1.82) is 0 Å². The maximum absolute atomic E-state index is 6.09. The smallest absolute Gasteiger partial charge is 0.374 e. The molecule has 0 atom stereocenters. The van der Waals surface area contributed by atoms with E-state index in [9.17, 15) is 0 Å². The Balaban J connectivity index is 5.33. The summed E-state index contributed by atoms with van der Waals surface area (Å²) in [5.74, 6) is 0. The molecule has 0 spiro atoms. The molecule has 0 amide bonds. The molecule has 0 saturated heterocycles. The minimum atomic E-state index is -2.62. The van der Waals surface area contributed by atoms with Crippen molar-refractivity contribution in [2.75, 3.05) is 39.6 Å². The van der Waals surface area contributed by atoms with E-state index in [0.29, 0.717) is 39.6 Å². The summed E-state index contributed by atoms with van der Waals surface area (Å²) < 4.78 is 36.5. The van der Waals surface area contributed by atoms with E-state index in [0.717, 1.165) is 24.6 Å². The lowest BCUT2D eigenvalue weighted by molar-refractivity contribution is 0.0694. The van der Waals surface area contributed by atoms with Gasteiger partial charge in [0.25, 0.3) is 0 Å². The third kappa shape index (κ3) is 9.50. The Labute approximate surface area is 190 Å². The highest BCUT2D eigenvalue weighted by Crippen LogP contribution is 2.46. The second-order valence-corrected chi connectivity index (χ2v) is 19.8. The van der Waals surface area contributed by atoms with Gasteiger partial charge < -0.3 is 26.6 Å². The van der Waals surface area contributed by atoms with E-state index >= 15 is 0 Å². The zero-order valence-electron chi connectivity index (χ0n) is 21.5. The Hall–Kier alpha value is 0.411. The van der Waals surface area contributed by atoms with E-state index < -0.39 is 25.7 Å². The average Bonchev–Trinajstić information content (AvgIpc) is 2.66. The van der Waals surface area contributed by atoms with Gasteiger partial charge in [-0.2, -0.15) is 0 Å². The largest absolute Gasteiger partial charge is 0.500 e. The van der Waals surface area contributed by atoms with Crippen LogP contribution in [0.15, 0.2) is 0 Å². The third-order valence-electron chi connectivity index (χ3n) is 6.13. The summed E-state index contributed by atoms with van der Waals surface area (Å²) in [7, 11) is -6.88. The summed E-state index contributed by atoms with van der Waals surface area (Å²) in [6, 6.07) is 2.85. The molecule has 0 radical (unpaired) electrons. The van der Waals surface area contributed by atoms with Crippen LogP contribution in [0.2, 0.25) is 36.3 Å². The third-order valence-corrected chi connectivity index (χ3v) is 18.1. The quantitative estimate of drug-likeness (QED) is 0.212. The van der Waals surface area contributed by atoms with Crippen molar-refractivity contribution in [3.05, 3.63) is 0 Å². The van der Waals surface area contributed by atoms with Crippen LogP contribution in [0.3, 0.4) is 0 Å². The lowest BCUT2D eigenvalue weighted by atomic mass is 10.1. The predicted octanol–water partition coefficient (Wildman–Crippen LogP) is 5.96. The predicted molar refractivity (Wildman–Crippen MR) is 132 cm³/mol. The summed E-state index contributed by atoms with van der Waals surface area (Å²) >= 11 is 0. The first-order chi connectivity index (χ1) is 14.0. The van der Waals surface area contributed by atoms with Gasteiger partial charge in [0.05, 0.1) is 8.07 Å². The van der Waals surface area contributed by atoms with Crippen LogP contribution in [0.5, 0.6) is 0 Å². The molecule has 0 aliphatic rings. The number of rotatable bonds is 19. The van der Waals surface area contributed by atoms with Crippen molar-refractivity contribution >= 4 is 25.7 Å². The second-order valence-electron chi connectivity index (χ2n) is 8.73. The van der Waals surface area contributed by atoms with Crippen molar-refractivity contribution < 1.29 is 26.6 Å². The second kappa shape index (κ2) is 14.5. The zero-order valence-corrected chi connectivity index (χ0v) is 24.5. The maximum atomic E-state index is 6.09. The van der Waals surface area contributed by atoms with Crippen LogP contribution < -0.4 is 0 Å². The molecular weight excluding hydrogens is 432 g/mol. The topological polar surface area (TPSA) is 55.4 Å². The summed E-state index contributed by atoms with van der Waals surface area (Å²) in [5.41, 5.74) is 0. The van der Waals surface area contributed by atoms with Crippen LogP contribution in [-0.2, 0) is 26.6 Å². The summed E-state index contributed by atoms with van der Waals surface area (Å²) in [6.07, 6.45) is 1.03. The van der Waals surface area contributed by atoms with Gasteiger partial charge in [-0.05, 0) is 53.0 Å². The van der Waals surface area contributed by atoms with Crippen molar-refractivity contribution in [2.45, 2.75) is 98.1 Å². The standard InChI is InChI=1S/C21H50O6Si3/c1-11-22-29(23-12-2,24-13-3)18-17-21(7,8)28(9,10)19-20-30(25-14-4,26-15-5)27-16-6/h11-20H2,1-10H3. The van der Waals surface area contributed by atoms with E-state index in [1.165, 1.54) is 0 Å². The van der Waals surface area contributed by atoms with Crippen molar-refractivity contribution in [3.8, 4) is 0 Å². The van der Waals surface area contributed by atoms with Gasteiger partial charge in [-0.1, -0.05) is 33.0 Å². The lowest BCUT2D eigenvalue weighted by Gasteiger charge is -2.43. The van der Waals surface area contributed by atoms with Crippen LogP contribution in [-0.4, -0.2) is 65.3 Å². The maximum Gasteiger partial charge on any atom is 0.500 e. The van der Waals surface area contributed by atoms with Crippen molar-refractivity contribution in [3.63, 3.8) is 0 Å². The van der Waals surface area contributed by atoms with Gasteiger partial charge in [0.15, 0.2) is 0 Å². The molecule has 0 aromatic heterocycles. The molecule has 0 rings (SSSR count). The Morgan fingerprint density at radius 1 is 0.500 bits per heavy atom. The van der Waals surface area contributed by atoms with E-state index in [4.69, 9.17) is 26.6 Å². The SMILES string of the molecule is CCO[Si](CCC(C)(C)[Si](C)(C)CC[Si](OCC)(OCC)OCC)(OCC)OCC. The molecule has 0 heterocycles. The molecular formula is C21H50O6Si3. The highest BCUT2D eigenvalue weighted by atomic mass is 28.4. The average molecular weight is 483 g/mol. The Kier molecular flexibility index (Phi) is 14.7. The van der Waals surface area contributed by atoms with Gasteiger partial charge in [0.2, 0.25) is 0 Å². The highest BCUT2D eigenvalue weighted by molar-refractivity contribution is 6.81. The summed E-state index contributed by atoms with van der Waals surface area (Å²) in [4.78, 5) is 0. The minimum absolute atomic E-state index is 0.196. The molecule has 6 nitrogen and oxygen atoms in total. The van der Waals surface area contributed by atoms with E-state index in [1.807, 2.05) is 41.5 Å². The van der Waals surface area contributed by atoms with E-state index in [2.05, 4.69) is 26.9 Å². The Morgan fingerprint density at radius 2 is 0.800 bits per heavy atom. The first kappa shape index (κ1) is 30.4. The van der Waals surface area contributed by atoms with E-state index in [1.54, 1.807) is 0 Å². The first-order valence-electron chi connectivity index (χ1n) is 11.9.